The average Bonchev–Trinajstić information content (AvgIpc) is 3.02. The molecule has 140 valence electrons. The zero-order valence-electron chi connectivity index (χ0n) is 15.3. The van der Waals surface area contributed by atoms with Gasteiger partial charge in [0.05, 0.1) is 10.6 Å². The highest BCUT2D eigenvalue weighted by Crippen LogP contribution is 2.28. The minimum Gasteiger partial charge on any atom is -0.301 e. The van der Waals surface area contributed by atoms with E-state index in [0.29, 0.717) is 5.13 Å². The van der Waals surface area contributed by atoms with Crippen molar-refractivity contribution in [3.05, 3.63) is 64.5 Å². The molecule has 7 heteroatoms. The molecule has 0 spiro atoms. The molecule has 0 unspecified atom stereocenters. The normalized spacial score (nSPS) is 11.4. The van der Waals surface area contributed by atoms with Crippen LogP contribution in [0, 0.1) is 20.8 Å². The highest BCUT2D eigenvalue weighted by Gasteiger charge is 2.20. The van der Waals surface area contributed by atoms with Gasteiger partial charge in [-0.3, -0.25) is 4.79 Å². The molecule has 0 aliphatic rings. The molecule has 0 atom stereocenters. The first-order valence-corrected chi connectivity index (χ1v) is 10.9. The van der Waals surface area contributed by atoms with E-state index >= 15 is 0 Å². The number of thiazole rings is 1. The minimum atomic E-state index is -3.69. The highest BCUT2D eigenvalue weighted by atomic mass is 32.2. The Kier molecular flexibility index (Phi) is 5.43. The third-order valence-corrected chi connectivity index (χ3v) is 6.50. The summed E-state index contributed by atoms with van der Waals surface area (Å²) >= 11 is 1.27. The molecule has 5 nitrogen and oxygen atoms in total. The van der Waals surface area contributed by atoms with E-state index in [1.165, 1.54) is 29.0 Å². The number of rotatable bonds is 5. The number of anilines is 1. The molecule has 1 aromatic heterocycles. The Morgan fingerprint density at radius 3 is 2.37 bits per heavy atom. The number of amides is 1. The van der Waals surface area contributed by atoms with Crippen LogP contribution in [0.15, 0.2) is 52.7 Å². The van der Waals surface area contributed by atoms with Gasteiger partial charge in [0, 0.05) is 10.9 Å². The van der Waals surface area contributed by atoms with Crippen LogP contribution in [-0.4, -0.2) is 25.1 Å². The first kappa shape index (κ1) is 19.3. The molecule has 1 heterocycles. The predicted octanol–water partition coefficient (Wildman–Crippen LogP) is 4.15. The van der Waals surface area contributed by atoms with Crippen molar-refractivity contribution in [1.82, 2.24) is 4.98 Å². The van der Waals surface area contributed by atoms with Crippen LogP contribution in [0.4, 0.5) is 5.13 Å². The van der Waals surface area contributed by atoms with Crippen molar-refractivity contribution in [2.75, 3.05) is 11.1 Å². The summed E-state index contributed by atoms with van der Waals surface area (Å²) in [6.07, 6.45) is 0. The lowest BCUT2D eigenvalue weighted by Crippen LogP contribution is -2.23. The fourth-order valence-corrected chi connectivity index (χ4v) is 4.57. The Morgan fingerprint density at radius 2 is 1.70 bits per heavy atom. The summed E-state index contributed by atoms with van der Waals surface area (Å²) in [4.78, 5) is 16.8. The quantitative estimate of drug-likeness (QED) is 0.698. The standard InChI is InChI=1S/C20H20N2O3S2/c1-13-4-7-16(8-5-13)27(24,25)12-19(23)22-20-21-18(11-26-20)17-9-6-14(2)10-15(17)3/h4-11H,12H2,1-3H3,(H,21,22,23). The van der Waals surface area contributed by atoms with Gasteiger partial charge in [0.15, 0.2) is 15.0 Å². The topological polar surface area (TPSA) is 76.1 Å². The second kappa shape index (κ2) is 7.62. The lowest BCUT2D eigenvalue weighted by Gasteiger charge is -2.05. The van der Waals surface area contributed by atoms with E-state index in [-0.39, 0.29) is 4.90 Å². The molecular weight excluding hydrogens is 380 g/mol. The van der Waals surface area contributed by atoms with Gasteiger partial charge in [-0.15, -0.1) is 11.3 Å². The van der Waals surface area contributed by atoms with Gasteiger partial charge < -0.3 is 5.32 Å². The number of hydrogen-bond donors (Lipinski definition) is 1. The van der Waals surface area contributed by atoms with Crippen LogP contribution in [0.2, 0.25) is 0 Å². The van der Waals surface area contributed by atoms with E-state index in [4.69, 9.17) is 0 Å². The van der Waals surface area contributed by atoms with Crippen molar-refractivity contribution in [2.24, 2.45) is 0 Å². The second-order valence-electron chi connectivity index (χ2n) is 6.48. The Balaban J connectivity index is 1.71. The summed E-state index contributed by atoms with van der Waals surface area (Å²) in [5, 5.41) is 4.82. The molecule has 0 saturated heterocycles. The van der Waals surface area contributed by atoms with Gasteiger partial charge in [0.2, 0.25) is 5.91 Å². The maximum Gasteiger partial charge on any atom is 0.241 e. The third kappa shape index (κ3) is 4.61. The number of aromatic nitrogens is 1. The SMILES string of the molecule is Cc1ccc(S(=O)(=O)CC(=O)Nc2nc(-c3ccc(C)cc3C)cs2)cc1. The van der Waals surface area contributed by atoms with Crippen molar-refractivity contribution >= 4 is 32.2 Å². The minimum absolute atomic E-state index is 0.137. The number of sulfone groups is 1. The number of nitrogens with one attached hydrogen (secondary N) is 1. The smallest absolute Gasteiger partial charge is 0.241 e. The molecule has 3 aromatic rings. The first-order valence-electron chi connectivity index (χ1n) is 8.37. The Morgan fingerprint density at radius 1 is 1.04 bits per heavy atom. The molecule has 0 radical (unpaired) electrons. The fourth-order valence-electron chi connectivity index (χ4n) is 2.71. The number of hydrogen-bond acceptors (Lipinski definition) is 5. The van der Waals surface area contributed by atoms with E-state index in [9.17, 15) is 13.2 Å². The summed E-state index contributed by atoms with van der Waals surface area (Å²) in [6.45, 7) is 5.91. The van der Waals surface area contributed by atoms with Crippen LogP contribution in [0.25, 0.3) is 11.3 Å². The molecular formula is C20H20N2O3S2. The fraction of sp³-hybridized carbons (Fsp3) is 0.200. The van der Waals surface area contributed by atoms with Crippen molar-refractivity contribution in [3.63, 3.8) is 0 Å². The van der Waals surface area contributed by atoms with Crippen LogP contribution < -0.4 is 5.32 Å². The molecule has 0 saturated carbocycles. The van der Waals surface area contributed by atoms with Crippen LogP contribution in [0.3, 0.4) is 0 Å². The van der Waals surface area contributed by atoms with E-state index in [0.717, 1.165) is 22.4 Å². The summed E-state index contributed by atoms with van der Waals surface area (Å²) in [5.41, 5.74) is 4.97. The van der Waals surface area contributed by atoms with Gasteiger partial charge in [-0.1, -0.05) is 41.5 Å². The zero-order valence-corrected chi connectivity index (χ0v) is 16.9. The molecule has 2 aromatic carbocycles. The Bertz CT molecular complexity index is 1080. The third-order valence-electron chi connectivity index (χ3n) is 4.11. The molecule has 0 bridgehead atoms. The number of aryl methyl sites for hydroxylation is 3. The van der Waals surface area contributed by atoms with Crippen LogP contribution in [0.1, 0.15) is 16.7 Å². The number of nitrogens with zero attached hydrogens (tertiary/aromatic N) is 1. The van der Waals surface area contributed by atoms with Gasteiger partial charge in [-0.05, 0) is 38.5 Å². The lowest BCUT2D eigenvalue weighted by atomic mass is 10.0. The molecule has 0 fully saturated rings. The number of carbonyl (C=O) groups is 1. The number of benzene rings is 2. The largest absolute Gasteiger partial charge is 0.301 e. The van der Waals surface area contributed by atoms with Crippen molar-refractivity contribution in [1.29, 1.82) is 0 Å². The molecule has 0 aliphatic heterocycles. The summed E-state index contributed by atoms with van der Waals surface area (Å²) in [6, 6.07) is 12.5. The van der Waals surface area contributed by atoms with Gasteiger partial charge in [0.25, 0.3) is 0 Å². The van der Waals surface area contributed by atoms with Crippen LogP contribution in [0.5, 0.6) is 0 Å². The summed E-state index contributed by atoms with van der Waals surface area (Å²) < 4.78 is 24.7. The Hall–Kier alpha value is -2.51. The van der Waals surface area contributed by atoms with E-state index < -0.39 is 21.5 Å². The van der Waals surface area contributed by atoms with Crippen molar-refractivity contribution in [2.45, 2.75) is 25.7 Å². The average molecular weight is 401 g/mol. The molecule has 0 aliphatic carbocycles. The van der Waals surface area contributed by atoms with Gasteiger partial charge in [-0.25, -0.2) is 13.4 Å². The first-order chi connectivity index (χ1) is 12.7. The summed E-state index contributed by atoms with van der Waals surface area (Å²) in [7, 11) is -3.69. The predicted molar refractivity (Wildman–Crippen MR) is 109 cm³/mol. The van der Waals surface area contributed by atoms with E-state index in [1.54, 1.807) is 12.1 Å². The lowest BCUT2D eigenvalue weighted by molar-refractivity contribution is -0.113. The van der Waals surface area contributed by atoms with Crippen molar-refractivity contribution in [3.8, 4) is 11.3 Å². The number of carbonyl (C=O) groups excluding carboxylic acids is 1. The maximum atomic E-state index is 12.4. The monoisotopic (exact) mass is 400 g/mol. The van der Waals surface area contributed by atoms with Gasteiger partial charge in [-0.2, -0.15) is 0 Å². The Labute approximate surface area is 163 Å². The molecule has 1 amide bonds. The summed E-state index contributed by atoms with van der Waals surface area (Å²) in [5.74, 6) is -1.22. The van der Waals surface area contributed by atoms with Crippen molar-refractivity contribution < 1.29 is 13.2 Å². The molecule has 1 N–H and O–H groups in total. The van der Waals surface area contributed by atoms with E-state index in [1.807, 2.05) is 38.3 Å². The molecule has 27 heavy (non-hydrogen) atoms. The zero-order chi connectivity index (χ0) is 19.6. The van der Waals surface area contributed by atoms with Crippen LogP contribution >= 0.6 is 11.3 Å². The second-order valence-corrected chi connectivity index (χ2v) is 9.32. The van der Waals surface area contributed by atoms with E-state index in [2.05, 4.69) is 16.4 Å². The maximum absolute atomic E-state index is 12.4. The van der Waals surface area contributed by atoms with Gasteiger partial charge in [0.1, 0.15) is 5.75 Å². The highest BCUT2D eigenvalue weighted by molar-refractivity contribution is 7.92. The molecule has 3 rings (SSSR count). The van der Waals surface area contributed by atoms with Gasteiger partial charge >= 0.3 is 0 Å². The van der Waals surface area contributed by atoms with Crippen LogP contribution in [-0.2, 0) is 14.6 Å².